The first kappa shape index (κ1) is 13.9. The highest BCUT2D eigenvalue weighted by Gasteiger charge is 2.25. The Morgan fingerprint density at radius 3 is 3.00 bits per heavy atom. The number of aromatic nitrogens is 3. The van der Waals surface area contributed by atoms with E-state index in [4.69, 9.17) is 4.52 Å². The molecule has 1 aromatic carbocycles. The van der Waals surface area contributed by atoms with Gasteiger partial charge in [-0.3, -0.25) is 4.79 Å². The van der Waals surface area contributed by atoms with Gasteiger partial charge in [0.05, 0.1) is 18.7 Å². The molecule has 0 atom stereocenters. The van der Waals surface area contributed by atoms with E-state index < -0.39 is 0 Å². The summed E-state index contributed by atoms with van der Waals surface area (Å²) in [7, 11) is 0. The van der Waals surface area contributed by atoms with E-state index in [0.29, 0.717) is 23.7 Å². The van der Waals surface area contributed by atoms with Crippen LogP contribution in [0.5, 0.6) is 0 Å². The maximum atomic E-state index is 12.1. The molecule has 6 nitrogen and oxygen atoms in total. The van der Waals surface area contributed by atoms with Crippen molar-refractivity contribution in [3.8, 4) is 0 Å². The molecule has 0 radical (unpaired) electrons. The van der Waals surface area contributed by atoms with Crippen molar-refractivity contribution < 1.29 is 9.32 Å². The smallest absolute Gasteiger partial charge is 0.226 e. The second-order valence-electron chi connectivity index (χ2n) is 5.79. The van der Waals surface area contributed by atoms with Crippen molar-refractivity contribution >= 4 is 16.9 Å². The number of hydrogen-bond donors (Lipinski definition) is 1. The van der Waals surface area contributed by atoms with Gasteiger partial charge in [-0.25, -0.2) is 9.97 Å². The highest BCUT2D eigenvalue weighted by molar-refractivity contribution is 5.86. The molecule has 1 aliphatic rings. The van der Waals surface area contributed by atoms with Crippen molar-refractivity contribution in [1.82, 2.24) is 20.4 Å². The Morgan fingerprint density at radius 1 is 1.26 bits per heavy atom. The Balaban J connectivity index is 1.39. The van der Waals surface area contributed by atoms with Crippen molar-refractivity contribution in [2.45, 2.75) is 31.7 Å². The van der Waals surface area contributed by atoms with Gasteiger partial charge < -0.3 is 9.84 Å². The van der Waals surface area contributed by atoms with Gasteiger partial charge in [0.25, 0.3) is 0 Å². The summed E-state index contributed by atoms with van der Waals surface area (Å²) in [6.07, 6.45) is 4.15. The quantitative estimate of drug-likeness (QED) is 0.782. The summed E-state index contributed by atoms with van der Waals surface area (Å²) in [6, 6.07) is 9.50. The summed E-state index contributed by atoms with van der Waals surface area (Å²) in [6.45, 7) is 0.400. The molecule has 4 rings (SSSR count). The maximum absolute atomic E-state index is 12.1. The number of fused-ring (bicyclic) bond motifs is 1. The van der Waals surface area contributed by atoms with Crippen LogP contribution >= 0.6 is 0 Å². The lowest BCUT2D eigenvalue weighted by Gasteiger charge is -2.05. The maximum Gasteiger partial charge on any atom is 0.226 e. The number of carbonyl (C=O) groups is 1. The Hall–Kier alpha value is -2.76. The third-order valence-electron chi connectivity index (χ3n) is 3.99. The topological polar surface area (TPSA) is 80.9 Å². The Kier molecular flexibility index (Phi) is 3.49. The first-order chi connectivity index (χ1) is 11.3. The van der Waals surface area contributed by atoms with Crippen molar-refractivity contribution in [2.75, 3.05) is 0 Å². The third kappa shape index (κ3) is 3.06. The number of nitrogens with zero attached hydrogens (tertiary/aromatic N) is 3. The van der Waals surface area contributed by atoms with Crippen LogP contribution in [0.3, 0.4) is 0 Å². The zero-order valence-corrected chi connectivity index (χ0v) is 12.5. The minimum absolute atomic E-state index is 0.101. The molecule has 1 saturated carbocycles. The molecule has 1 aliphatic carbocycles. The summed E-state index contributed by atoms with van der Waals surface area (Å²) in [4.78, 5) is 20.6. The number of amides is 1. The lowest BCUT2D eigenvalue weighted by atomic mass is 10.1. The summed E-state index contributed by atoms with van der Waals surface area (Å²) >= 11 is 0. The standard InChI is InChI=1S/C17H16N4O2/c22-17(8-15-13-3-1-2-4-16(13)23-21-15)18-9-12-7-14(11-5-6-11)20-10-19-12/h1-4,7,10-11H,5-6,8-9H2,(H,18,22). The molecule has 0 saturated heterocycles. The average Bonchev–Trinajstić information content (AvgIpc) is 3.36. The Morgan fingerprint density at radius 2 is 2.13 bits per heavy atom. The summed E-state index contributed by atoms with van der Waals surface area (Å²) in [5, 5.41) is 7.73. The number of nitrogens with one attached hydrogen (secondary N) is 1. The van der Waals surface area contributed by atoms with E-state index in [9.17, 15) is 4.79 Å². The van der Waals surface area contributed by atoms with Gasteiger partial charge in [0, 0.05) is 17.0 Å². The molecule has 0 aliphatic heterocycles. The molecule has 23 heavy (non-hydrogen) atoms. The average molecular weight is 308 g/mol. The zero-order chi connectivity index (χ0) is 15.6. The zero-order valence-electron chi connectivity index (χ0n) is 12.5. The lowest BCUT2D eigenvalue weighted by Crippen LogP contribution is -2.25. The van der Waals surface area contributed by atoms with E-state index in [1.165, 1.54) is 12.8 Å². The number of carbonyl (C=O) groups excluding carboxylic acids is 1. The van der Waals surface area contributed by atoms with Crippen LogP contribution in [-0.2, 0) is 17.8 Å². The molecule has 1 fully saturated rings. The molecule has 2 aromatic heterocycles. The molecular formula is C17H16N4O2. The van der Waals surface area contributed by atoms with Gasteiger partial charge in [0.15, 0.2) is 5.58 Å². The lowest BCUT2D eigenvalue weighted by molar-refractivity contribution is -0.120. The van der Waals surface area contributed by atoms with Crippen molar-refractivity contribution in [3.63, 3.8) is 0 Å². The normalized spacial score (nSPS) is 14.1. The number of hydrogen-bond acceptors (Lipinski definition) is 5. The third-order valence-corrected chi connectivity index (χ3v) is 3.99. The van der Waals surface area contributed by atoms with E-state index >= 15 is 0 Å². The minimum Gasteiger partial charge on any atom is -0.356 e. The number of para-hydroxylation sites is 1. The summed E-state index contributed by atoms with van der Waals surface area (Å²) < 4.78 is 5.21. The van der Waals surface area contributed by atoms with Crippen molar-refractivity contribution in [3.05, 3.63) is 53.7 Å². The molecular weight excluding hydrogens is 292 g/mol. The van der Waals surface area contributed by atoms with Gasteiger partial charge in [-0.2, -0.15) is 0 Å². The van der Waals surface area contributed by atoms with E-state index in [2.05, 4.69) is 20.4 Å². The van der Waals surface area contributed by atoms with Gasteiger partial charge in [0.2, 0.25) is 5.91 Å². The predicted octanol–water partition coefficient (Wildman–Crippen LogP) is 2.35. The molecule has 116 valence electrons. The van der Waals surface area contributed by atoms with Crippen LogP contribution in [0.15, 0.2) is 41.2 Å². The van der Waals surface area contributed by atoms with Crippen LogP contribution in [0.1, 0.15) is 35.8 Å². The molecule has 2 heterocycles. The summed E-state index contributed by atoms with van der Waals surface area (Å²) in [5.74, 6) is 0.476. The Bertz CT molecular complexity index is 854. The molecule has 1 amide bonds. The van der Waals surface area contributed by atoms with Crippen LogP contribution < -0.4 is 5.32 Å². The van der Waals surface area contributed by atoms with Crippen LogP contribution in [0.2, 0.25) is 0 Å². The molecule has 1 N–H and O–H groups in total. The van der Waals surface area contributed by atoms with Crippen LogP contribution in [0.25, 0.3) is 11.0 Å². The highest BCUT2D eigenvalue weighted by Crippen LogP contribution is 2.38. The number of rotatable bonds is 5. The fourth-order valence-electron chi connectivity index (χ4n) is 2.58. The van der Waals surface area contributed by atoms with Crippen molar-refractivity contribution in [2.24, 2.45) is 0 Å². The fraction of sp³-hybridized carbons (Fsp3) is 0.294. The number of benzene rings is 1. The van der Waals surface area contributed by atoms with Crippen molar-refractivity contribution in [1.29, 1.82) is 0 Å². The monoisotopic (exact) mass is 308 g/mol. The van der Waals surface area contributed by atoms with E-state index in [0.717, 1.165) is 16.8 Å². The van der Waals surface area contributed by atoms with Gasteiger partial charge in [-0.1, -0.05) is 17.3 Å². The van der Waals surface area contributed by atoms with Crippen LogP contribution in [0.4, 0.5) is 0 Å². The van der Waals surface area contributed by atoms with Crippen LogP contribution in [-0.4, -0.2) is 21.0 Å². The highest BCUT2D eigenvalue weighted by atomic mass is 16.5. The van der Waals surface area contributed by atoms with Gasteiger partial charge in [-0.15, -0.1) is 0 Å². The fourth-order valence-corrected chi connectivity index (χ4v) is 2.58. The van der Waals surface area contributed by atoms with Gasteiger partial charge in [-0.05, 0) is 31.0 Å². The second kappa shape index (κ2) is 5.79. The largest absolute Gasteiger partial charge is 0.356 e. The second-order valence-corrected chi connectivity index (χ2v) is 5.79. The van der Waals surface area contributed by atoms with E-state index in [-0.39, 0.29) is 12.3 Å². The van der Waals surface area contributed by atoms with Gasteiger partial charge >= 0.3 is 0 Å². The molecule has 3 aromatic rings. The first-order valence-corrected chi connectivity index (χ1v) is 7.70. The van der Waals surface area contributed by atoms with Crippen LogP contribution in [0, 0.1) is 0 Å². The molecule has 6 heteroatoms. The van der Waals surface area contributed by atoms with Gasteiger partial charge in [0.1, 0.15) is 12.0 Å². The minimum atomic E-state index is -0.101. The molecule has 0 unspecified atom stereocenters. The molecule has 0 bridgehead atoms. The summed E-state index contributed by atoms with van der Waals surface area (Å²) in [5.41, 5.74) is 3.26. The van der Waals surface area contributed by atoms with E-state index in [1.54, 1.807) is 6.33 Å². The Labute approximate surface area is 132 Å². The SMILES string of the molecule is O=C(Cc1noc2ccccc12)NCc1cc(C2CC2)ncn1. The molecule has 0 spiro atoms. The van der Waals surface area contributed by atoms with E-state index in [1.807, 2.05) is 30.3 Å². The predicted molar refractivity (Wildman–Crippen MR) is 83.6 cm³/mol. The first-order valence-electron chi connectivity index (χ1n) is 7.70.